The molecule has 4 aliphatic carbocycles. The lowest BCUT2D eigenvalue weighted by Crippen LogP contribution is -2.56. The van der Waals surface area contributed by atoms with E-state index < -0.39 is 5.97 Å². The number of carboxylic acids is 1. The fourth-order valence-corrected chi connectivity index (χ4v) is 7.62. The Balaban J connectivity index is 1.65. The van der Waals surface area contributed by atoms with E-state index in [1.54, 1.807) is 0 Å². The minimum absolute atomic E-state index is 0.107. The second-order valence-electron chi connectivity index (χ2n) is 11.5. The molecule has 0 saturated heterocycles. The van der Waals surface area contributed by atoms with E-state index in [2.05, 4.69) is 45.6 Å². The summed E-state index contributed by atoms with van der Waals surface area (Å²) in [4.78, 5) is 25.6. The number of carbonyl (C=O) groups is 2. The lowest BCUT2D eigenvalue weighted by Gasteiger charge is -2.58. The minimum atomic E-state index is -0.763. The molecule has 1 amide bonds. The van der Waals surface area contributed by atoms with Gasteiger partial charge in [0.2, 0.25) is 6.41 Å². The van der Waals surface area contributed by atoms with Crippen molar-refractivity contribution in [3.63, 3.8) is 0 Å². The Bertz CT molecular complexity index is 775. The van der Waals surface area contributed by atoms with Crippen molar-refractivity contribution < 1.29 is 14.7 Å². The molecule has 4 nitrogen and oxygen atoms in total. The zero-order valence-electron chi connectivity index (χ0n) is 18.7. The second-order valence-corrected chi connectivity index (χ2v) is 11.5. The third-order valence-corrected chi connectivity index (χ3v) is 9.22. The first-order valence-corrected chi connectivity index (χ1v) is 11.4. The van der Waals surface area contributed by atoms with Gasteiger partial charge in [-0.2, -0.15) is 0 Å². The van der Waals surface area contributed by atoms with Crippen molar-refractivity contribution in [2.45, 2.75) is 91.1 Å². The molecule has 6 atom stereocenters. The van der Waals surface area contributed by atoms with E-state index in [1.165, 1.54) is 24.8 Å². The van der Waals surface area contributed by atoms with Gasteiger partial charge in [0.05, 0.1) is 0 Å². The Labute approximate surface area is 175 Å². The maximum absolute atomic E-state index is 12.0. The molecule has 2 saturated carbocycles. The fourth-order valence-electron chi connectivity index (χ4n) is 7.62. The van der Waals surface area contributed by atoms with Crippen LogP contribution in [0.15, 0.2) is 23.3 Å². The highest BCUT2D eigenvalue weighted by Gasteiger charge is 2.59. The molecular weight excluding hydrogens is 362 g/mol. The molecule has 0 aromatic rings. The van der Waals surface area contributed by atoms with Crippen LogP contribution in [0.4, 0.5) is 0 Å². The van der Waals surface area contributed by atoms with E-state index in [0.717, 1.165) is 25.7 Å². The lowest BCUT2D eigenvalue weighted by atomic mass is 9.48. The van der Waals surface area contributed by atoms with Gasteiger partial charge in [0, 0.05) is 17.2 Å². The van der Waals surface area contributed by atoms with Crippen molar-refractivity contribution in [1.82, 2.24) is 4.90 Å². The third kappa shape index (κ3) is 3.00. The van der Waals surface area contributed by atoms with Gasteiger partial charge in [0.1, 0.15) is 0 Å². The molecule has 0 spiro atoms. The van der Waals surface area contributed by atoms with Gasteiger partial charge in [-0.15, -0.1) is 0 Å². The summed E-state index contributed by atoms with van der Waals surface area (Å²) in [7, 11) is 0. The van der Waals surface area contributed by atoms with Crippen LogP contribution >= 0.6 is 0 Å². The highest BCUT2D eigenvalue weighted by molar-refractivity contribution is 5.87. The van der Waals surface area contributed by atoms with Crippen LogP contribution in [-0.4, -0.2) is 34.0 Å². The quantitative estimate of drug-likeness (QED) is 0.664. The third-order valence-electron chi connectivity index (χ3n) is 9.22. The van der Waals surface area contributed by atoms with Crippen molar-refractivity contribution in [2.24, 2.45) is 28.6 Å². The van der Waals surface area contributed by atoms with Crippen molar-refractivity contribution in [2.75, 3.05) is 0 Å². The molecule has 0 aliphatic heterocycles. The molecule has 4 heteroatoms. The summed E-state index contributed by atoms with van der Waals surface area (Å²) < 4.78 is 0. The molecule has 0 bridgehead atoms. The zero-order valence-corrected chi connectivity index (χ0v) is 18.7. The zero-order chi connectivity index (χ0) is 21.2. The molecule has 0 heterocycles. The molecule has 0 aromatic carbocycles. The average molecular weight is 400 g/mol. The van der Waals surface area contributed by atoms with Crippen LogP contribution in [0.5, 0.6) is 0 Å². The monoisotopic (exact) mass is 399 g/mol. The molecule has 1 N–H and O–H groups in total. The Morgan fingerprint density at radius 2 is 1.90 bits per heavy atom. The molecule has 4 aliphatic rings. The molecule has 29 heavy (non-hydrogen) atoms. The number of amides is 1. The SMILES string of the molecule is CC(C)(C)N(C=O)[C@H]1CC[C@H]2[C@@H]3CC=C4C=C(C(=O)O)CC[C@]4(C)[C@H]3CC[C@]12C. The summed E-state index contributed by atoms with van der Waals surface area (Å²) in [6, 6.07) is 0.328. The summed E-state index contributed by atoms with van der Waals surface area (Å²) in [5.41, 5.74) is 1.99. The van der Waals surface area contributed by atoms with Crippen LogP contribution < -0.4 is 0 Å². The van der Waals surface area contributed by atoms with E-state index in [-0.39, 0.29) is 16.4 Å². The molecule has 2 fully saturated rings. The first kappa shape index (κ1) is 20.7. The Morgan fingerprint density at radius 3 is 2.52 bits per heavy atom. The van der Waals surface area contributed by atoms with Gasteiger partial charge in [0.15, 0.2) is 0 Å². The Kier molecular flexibility index (Phi) is 4.79. The van der Waals surface area contributed by atoms with Gasteiger partial charge in [0.25, 0.3) is 0 Å². The Hall–Kier alpha value is -1.58. The number of nitrogens with zero attached hydrogens (tertiary/aromatic N) is 1. The molecule has 4 rings (SSSR count). The van der Waals surface area contributed by atoms with Crippen molar-refractivity contribution in [1.29, 1.82) is 0 Å². The highest BCUT2D eigenvalue weighted by atomic mass is 16.4. The van der Waals surface area contributed by atoms with E-state index in [4.69, 9.17) is 0 Å². The van der Waals surface area contributed by atoms with Gasteiger partial charge in [-0.1, -0.05) is 19.9 Å². The first-order valence-electron chi connectivity index (χ1n) is 11.4. The first-order chi connectivity index (χ1) is 13.5. The predicted molar refractivity (Wildman–Crippen MR) is 114 cm³/mol. The van der Waals surface area contributed by atoms with Gasteiger partial charge in [-0.3, -0.25) is 4.79 Å². The normalized spacial score (nSPS) is 41.4. The standard InChI is InChI=1S/C25H37NO3/c1-23(2,3)26(15-27)21-9-8-19-18-7-6-17-14-16(22(28)29)10-12-24(17,4)20(18)11-13-25(19,21)5/h6,14-15,18-21H,7-13H2,1-5H3,(H,28,29)/t18-,19-,20-,21-,24-,25-/m0/s1. The number of fused-ring (bicyclic) bond motifs is 5. The number of aliphatic carboxylic acids is 1. The number of hydrogen-bond acceptors (Lipinski definition) is 2. The van der Waals surface area contributed by atoms with E-state index in [1.807, 2.05) is 6.08 Å². The smallest absolute Gasteiger partial charge is 0.331 e. The van der Waals surface area contributed by atoms with Crippen LogP contribution in [0.25, 0.3) is 0 Å². The van der Waals surface area contributed by atoms with Crippen LogP contribution in [0.3, 0.4) is 0 Å². The van der Waals surface area contributed by atoms with Crippen LogP contribution in [-0.2, 0) is 9.59 Å². The van der Waals surface area contributed by atoms with E-state index in [9.17, 15) is 14.7 Å². The predicted octanol–water partition coefficient (Wildman–Crippen LogP) is 5.20. The number of hydrogen-bond donors (Lipinski definition) is 1. The number of carboxylic acid groups (broad SMARTS) is 1. The second kappa shape index (κ2) is 6.72. The van der Waals surface area contributed by atoms with E-state index in [0.29, 0.717) is 35.8 Å². The maximum atomic E-state index is 12.0. The Morgan fingerprint density at radius 1 is 1.17 bits per heavy atom. The molecule has 0 radical (unpaired) electrons. The van der Waals surface area contributed by atoms with Crippen LogP contribution in [0.2, 0.25) is 0 Å². The van der Waals surface area contributed by atoms with Crippen LogP contribution in [0.1, 0.15) is 79.6 Å². The number of rotatable bonds is 3. The van der Waals surface area contributed by atoms with Crippen LogP contribution in [0, 0.1) is 28.6 Å². The summed E-state index contributed by atoms with van der Waals surface area (Å²) >= 11 is 0. The number of allylic oxidation sites excluding steroid dienone is 3. The van der Waals surface area contributed by atoms with Gasteiger partial charge in [-0.25, -0.2) is 4.79 Å². The van der Waals surface area contributed by atoms with Crippen molar-refractivity contribution >= 4 is 12.4 Å². The summed E-state index contributed by atoms with van der Waals surface area (Å²) in [5.74, 6) is 1.17. The minimum Gasteiger partial charge on any atom is -0.478 e. The summed E-state index contributed by atoms with van der Waals surface area (Å²) in [6.45, 7) is 11.3. The molecule has 0 aromatic heterocycles. The molecule has 0 unspecified atom stereocenters. The number of carbonyl (C=O) groups excluding carboxylic acids is 1. The lowest BCUT2D eigenvalue weighted by molar-refractivity contribution is -0.134. The summed E-state index contributed by atoms with van der Waals surface area (Å²) in [6.07, 6.45) is 12.8. The largest absolute Gasteiger partial charge is 0.478 e. The summed E-state index contributed by atoms with van der Waals surface area (Å²) in [5, 5.41) is 9.44. The molecule has 160 valence electrons. The van der Waals surface area contributed by atoms with Crippen molar-refractivity contribution in [3.8, 4) is 0 Å². The topological polar surface area (TPSA) is 57.6 Å². The maximum Gasteiger partial charge on any atom is 0.331 e. The van der Waals surface area contributed by atoms with Gasteiger partial charge >= 0.3 is 5.97 Å². The van der Waals surface area contributed by atoms with Gasteiger partial charge < -0.3 is 10.0 Å². The van der Waals surface area contributed by atoms with Crippen molar-refractivity contribution in [3.05, 3.63) is 23.3 Å². The van der Waals surface area contributed by atoms with Gasteiger partial charge in [-0.05, 0) is 106 Å². The average Bonchev–Trinajstić information content (AvgIpc) is 2.97. The van der Waals surface area contributed by atoms with E-state index >= 15 is 0 Å². The fraction of sp³-hybridized carbons (Fsp3) is 0.760. The molecular formula is C25H37NO3. The highest BCUT2D eigenvalue weighted by Crippen LogP contribution is 2.65.